The molecule has 0 spiro atoms. The highest BCUT2D eigenvalue weighted by atomic mass is 19.1. The zero-order valence-electron chi connectivity index (χ0n) is 11.6. The molecule has 0 aliphatic heterocycles. The van der Waals surface area contributed by atoms with Crippen molar-refractivity contribution in [2.24, 2.45) is 0 Å². The Labute approximate surface area is 121 Å². The van der Waals surface area contributed by atoms with Crippen LogP contribution in [0.25, 0.3) is 10.9 Å². The molecule has 0 unspecified atom stereocenters. The lowest BCUT2D eigenvalue weighted by Gasteiger charge is -2.04. The first kappa shape index (κ1) is 13.4. The maximum Gasteiger partial charge on any atom is 0.267 e. The fraction of sp³-hybridized carbons (Fsp3) is 0.118. The second kappa shape index (κ2) is 5.40. The van der Waals surface area contributed by atoms with E-state index in [0.717, 1.165) is 16.5 Å². The fourth-order valence-corrected chi connectivity index (χ4v) is 2.28. The molecule has 1 heterocycles. The molecule has 0 saturated heterocycles. The first-order valence-electron chi connectivity index (χ1n) is 6.74. The van der Waals surface area contributed by atoms with Crippen molar-refractivity contribution in [3.05, 3.63) is 71.2 Å². The van der Waals surface area contributed by atoms with E-state index in [4.69, 9.17) is 0 Å². The zero-order valence-corrected chi connectivity index (χ0v) is 11.6. The van der Waals surface area contributed by atoms with Crippen LogP contribution in [0.5, 0.6) is 0 Å². The van der Waals surface area contributed by atoms with E-state index in [0.29, 0.717) is 11.3 Å². The van der Waals surface area contributed by atoms with E-state index in [2.05, 4.69) is 10.3 Å². The Hall–Kier alpha value is -2.62. The van der Waals surface area contributed by atoms with Gasteiger partial charge in [-0.25, -0.2) is 4.39 Å². The number of H-pyrrole nitrogens is 1. The number of aromatic amines is 1. The molecule has 0 bridgehead atoms. The van der Waals surface area contributed by atoms with Crippen LogP contribution in [-0.2, 0) is 6.54 Å². The van der Waals surface area contributed by atoms with Gasteiger partial charge < -0.3 is 10.3 Å². The van der Waals surface area contributed by atoms with Crippen molar-refractivity contribution >= 4 is 16.8 Å². The summed E-state index contributed by atoms with van der Waals surface area (Å²) in [6.45, 7) is 2.16. The zero-order chi connectivity index (χ0) is 14.8. The first-order chi connectivity index (χ1) is 10.1. The van der Waals surface area contributed by atoms with Crippen LogP contribution in [0.1, 0.15) is 21.6 Å². The molecule has 0 aliphatic rings. The highest BCUT2D eigenvalue weighted by Crippen LogP contribution is 2.17. The van der Waals surface area contributed by atoms with Crippen molar-refractivity contribution in [3.63, 3.8) is 0 Å². The Bertz CT molecular complexity index is 807. The third-order valence-electron chi connectivity index (χ3n) is 3.42. The highest BCUT2D eigenvalue weighted by molar-refractivity contribution is 5.98. The Morgan fingerprint density at radius 2 is 2.00 bits per heavy atom. The summed E-state index contributed by atoms with van der Waals surface area (Å²) < 4.78 is 13.5. The molecule has 106 valence electrons. The van der Waals surface area contributed by atoms with Crippen LogP contribution in [-0.4, -0.2) is 10.9 Å². The van der Waals surface area contributed by atoms with Gasteiger partial charge in [0, 0.05) is 23.0 Å². The van der Waals surface area contributed by atoms with E-state index in [9.17, 15) is 9.18 Å². The summed E-state index contributed by atoms with van der Waals surface area (Å²) >= 11 is 0. The number of fused-ring (bicyclic) bond motifs is 1. The third kappa shape index (κ3) is 2.79. The van der Waals surface area contributed by atoms with Gasteiger partial charge in [-0.3, -0.25) is 4.79 Å². The first-order valence-corrected chi connectivity index (χ1v) is 6.74. The third-order valence-corrected chi connectivity index (χ3v) is 3.42. The van der Waals surface area contributed by atoms with E-state index < -0.39 is 0 Å². The van der Waals surface area contributed by atoms with Gasteiger partial charge >= 0.3 is 0 Å². The average molecular weight is 282 g/mol. The molecule has 2 aromatic carbocycles. The van der Waals surface area contributed by atoms with E-state index in [1.54, 1.807) is 24.3 Å². The Balaban J connectivity index is 1.76. The lowest BCUT2D eigenvalue weighted by Crippen LogP contribution is -2.23. The molecule has 0 saturated carbocycles. The van der Waals surface area contributed by atoms with Crippen LogP contribution in [0, 0.1) is 12.7 Å². The topological polar surface area (TPSA) is 44.9 Å². The maximum atomic E-state index is 13.5. The number of hydrogen-bond donors (Lipinski definition) is 2. The molecule has 3 rings (SSSR count). The van der Waals surface area contributed by atoms with Gasteiger partial charge in [-0.1, -0.05) is 30.3 Å². The van der Waals surface area contributed by atoms with Crippen molar-refractivity contribution in [3.8, 4) is 0 Å². The number of benzene rings is 2. The van der Waals surface area contributed by atoms with Crippen molar-refractivity contribution in [1.29, 1.82) is 0 Å². The number of aryl methyl sites for hydroxylation is 1. The van der Waals surface area contributed by atoms with E-state index in [1.807, 2.05) is 25.1 Å². The van der Waals surface area contributed by atoms with Crippen molar-refractivity contribution in [1.82, 2.24) is 10.3 Å². The monoisotopic (exact) mass is 282 g/mol. The maximum absolute atomic E-state index is 13.5. The van der Waals surface area contributed by atoms with Crippen molar-refractivity contribution in [2.75, 3.05) is 0 Å². The molecule has 4 heteroatoms. The number of nitrogens with one attached hydrogen (secondary N) is 2. The summed E-state index contributed by atoms with van der Waals surface area (Å²) in [7, 11) is 0. The van der Waals surface area contributed by atoms with Crippen LogP contribution in [0.15, 0.2) is 48.5 Å². The van der Waals surface area contributed by atoms with Gasteiger partial charge in [0.25, 0.3) is 5.91 Å². The average Bonchev–Trinajstić information content (AvgIpc) is 2.89. The van der Waals surface area contributed by atoms with Crippen molar-refractivity contribution < 1.29 is 9.18 Å². The molecule has 3 aromatic rings. The molecule has 0 fully saturated rings. The molecule has 3 nitrogen and oxygen atoms in total. The number of amides is 1. The van der Waals surface area contributed by atoms with Gasteiger partial charge in [-0.15, -0.1) is 0 Å². The second-order valence-electron chi connectivity index (χ2n) is 5.05. The molecule has 1 aromatic heterocycles. The minimum Gasteiger partial charge on any atom is -0.351 e. The number of aromatic nitrogens is 1. The quantitative estimate of drug-likeness (QED) is 0.758. The second-order valence-corrected chi connectivity index (χ2v) is 5.05. The summed E-state index contributed by atoms with van der Waals surface area (Å²) in [5, 5.41) is 3.70. The predicted molar refractivity (Wildman–Crippen MR) is 80.6 cm³/mol. The lowest BCUT2D eigenvalue weighted by atomic mass is 10.2. The lowest BCUT2D eigenvalue weighted by molar-refractivity contribution is 0.0946. The Morgan fingerprint density at radius 3 is 2.81 bits per heavy atom. The summed E-state index contributed by atoms with van der Waals surface area (Å²) in [6, 6.07) is 14.2. The van der Waals surface area contributed by atoms with Gasteiger partial charge in [-0.2, -0.15) is 0 Å². The molecule has 2 N–H and O–H groups in total. The molecular formula is C17H15FN2O. The van der Waals surface area contributed by atoms with E-state index >= 15 is 0 Å². The number of carbonyl (C=O) groups is 1. The Morgan fingerprint density at radius 1 is 1.19 bits per heavy atom. The van der Waals surface area contributed by atoms with Crippen LogP contribution in [0.2, 0.25) is 0 Å². The van der Waals surface area contributed by atoms with Crippen LogP contribution >= 0.6 is 0 Å². The van der Waals surface area contributed by atoms with Crippen LogP contribution in [0.4, 0.5) is 4.39 Å². The smallest absolute Gasteiger partial charge is 0.267 e. The molecule has 21 heavy (non-hydrogen) atoms. The highest BCUT2D eigenvalue weighted by Gasteiger charge is 2.10. The molecular weight excluding hydrogens is 267 g/mol. The van der Waals surface area contributed by atoms with E-state index in [1.165, 1.54) is 6.07 Å². The van der Waals surface area contributed by atoms with Crippen molar-refractivity contribution in [2.45, 2.75) is 13.5 Å². The Kier molecular flexibility index (Phi) is 3.44. The van der Waals surface area contributed by atoms with Gasteiger partial charge in [0.15, 0.2) is 0 Å². The largest absolute Gasteiger partial charge is 0.351 e. The summed E-state index contributed by atoms with van der Waals surface area (Å²) in [5.74, 6) is -0.558. The molecule has 0 atom stereocenters. The SMILES string of the molecule is Cc1ccc2cc(C(=O)NCc3ccccc3F)[nH]c2c1. The molecule has 1 amide bonds. The predicted octanol–water partition coefficient (Wildman–Crippen LogP) is 3.55. The number of rotatable bonds is 3. The minimum atomic E-state index is -0.315. The number of halogens is 1. The fourth-order valence-electron chi connectivity index (χ4n) is 2.28. The van der Waals surface area contributed by atoms with Crippen LogP contribution < -0.4 is 5.32 Å². The standard InChI is InChI=1S/C17H15FN2O/c1-11-6-7-12-9-16(20-15(12)8-11)17(21)19-10-13-4-2-3-5-14(13)18/h2-9,20H,10H2,1H3,(H,19,21). The summed E-state index contributed by atoms with van der Waals surface area (Å²) in [6.07, 6.45) is 0. The van der Waals surface area contributed by atoms with Gasteiger partial charge in [0.1, 0.15) is 11.5 Å². The number of carbonyl (C=O) groups excluding carboxylic acids is 1. The summed E-state index contributed by atoms with van der Waals surface area (Å²) in [5.41, 5.74) is 3.00. The van der Waals surface area contributed by atoms with Crippen LogP contribution in [0.3, 0.4) is 0 Å². The van der Waals surface area contributed by atoms with Gasteiger partial charge in [-0.05, 0) is 30.7 Å². The van der Waals surface area contributed by atoms with Gasteiger partial charge in [0.05, 0.1) is 0 Å². The normalized spacial score (nSPS) is 10.8. The minimum absolute atomic E-state index is 0.167. The molecule has 0 radical (unpaired) electrons. The van der Waals surface area contributed by atoms with Gasteiger partial charge in [0.2, 0.25) is 0 Å². The summed E-state index contributed by atoms with van der Waals surface area (Å²) in [4.78, 5) is 15.2. The molecule has 0 aliphatic carbocycles. The van der Waals surface area contributed by atoms with E-state index in [-0.39, 0.29) is 18.3 Å². The number of hydrogen-bond acceptors (Lipinski definition) is 1.